The lowest BCUT2D eigenvalue weighted by Crippen LogP contribution is -2.15. The highest BCUT2D eigenvalue weighted by atomic mass is 19.4. The van der Waals surface area contributed by atoms with Crippen LogP contribution in [0.2, 0.25) is 0 Å². The topological polar surface area (TPSA) is 78.3 Å². The Hall–Kier alpha value is -4.34. The quantitative estimate of drug-likeness (QED) is 0.391. The number of amides is 1. The smallest absolute Gasteiger partial charge is 0.419 e. The molecule has 7 nitrogen and oxygen atoms in total. The zero-order valence-electron chi connectivity index (χ0n) is 19.1. The van der Waals surface area contributed by atoms with E-state index in [9.17, 15) is 18.0 Å². The number of alkyl halides is 3. The van der Waals surface area contributed by atoms with E-state index in [4.69, 9.17) is 9.47 Å². The summed E-state index contributed by atoms with van der Waals surface area (Å²) in [5.74, 6) is -0.476. The zero-order valence-corrected chi connectivity index (χ0v) is 19.1. The van der Waals surface area contributed by atoms with Gasteiger partial charge < -0.3 is 14.8 Å². The van der Waals surface area contributed by atoms with Crippen molar-refractivity contribution in [2.75, 3.05) is 19.5 Å². The normalized spacial score (nSPS) is 11.3. The minimum atomic E-state index is -4.66. The number of ether oxygens (including phenoxy) is 2. The molecule has 1 heterocycles. The van der Waals surface area contributed by atoms with Crippen LogP contribution in [0.4, 0.5) is 18.9 Å². The lowest BCUT2D eigenvalue weighted by Gasteiger charge is -2.13. The summed E-state index contributed by atoms with van der Waals surface area (Å²) in [5, 5.41) is 6.97. The molecular weight excluding hydrogens is 461 g/mol. The van der Waals surface area contributed by atoms with Gasteiger partial charge in [0.2, 0.25) is 0 Å². The number of anilines is 1. The Balaban J connectivity index is 1.58. The third kappa shape index (κ3) is 5.11. The molecule has 3 aromatic carbocycles. The van der Waals surface area contributed by atoms with Gasteiger partial charge in [-0.25, -0.2) is 4.68 Å². The molecule has 0 atom stereocenters. The van der Waals surface area contributed by atoms with Gasteiger partial charge in [-0.2, -0.15) is 18.2 Å². The van der Waals surface area contributed by atoms with E-state index in [1.165, 1.54) is 13.2 Å². The predicted molar refractivity (Wildman–Crippen MR) is 124 cm³/mol. The molecule has 0 unspecified atom stereocenters. The van der Waals surface area contributed by atoms with Crippen LogP contribution in [0.25, 0.3) is 17.1 Å². The molecule has 0 saturated carbocycles. The monoisotopic (exact) mass is 482 g/mol. The molecule has 180 valence electrons. The maximum absolute atomic E-state index is 13.3. The van der Waals surface area contributed by atoms with Gasteiger partial charge in [0, 0.05) is 16.8 Å². The number of hydrogen-bond acceptors (Lipinski definition) is 5. The van der Waals surface area contributed by atoms with Crippen LogP contribution in [-0.2, 0) is 6.18 Å². The molecule has 1 N–H and O–H groups in total. The number of aromatic nitrogens is 3. The van der Waals surface area contributed by atoms with Gasteiger partial charge in [-0.3, -0.25) is 4.79 Å². The first-order valence-corrected chi connectivity index (χ1v) is 10.4. The first-order chi connectivity index (χ1) is 16.7. The molecule has 10 heteroatoms. The minimum absolute atomic E-state index is 0.148. The van der Waals surface area contributed by atoms with Gasteiger partial charge in [-0.1, -0.05) is 29.8 Å². The van der Waals surface area contributed by atoms with E-state index in [0.717, 1.165) is 30.4 Å². The molecule has 0 spiro atoms. The number of hydrogen-bond donors (Lipinski definition) is 1. The van der Waals surface area contributed by atoms with Crippen molar-refractivity contribution in [2.24, 2.45) is 0 Å². The van der Waals surface area contributed by atoms with Crippen LogP contribution in [0.1, 0.15) is 21.5 Å². The van der Waals surface area contributed by atoms with Crippen molar-refractivity contribution in [3.8, 4) is 28.8 Å². The summed E-state index contributed by atoms with van der Waals surface area (Å²) in [5.41, 5.74) is 1.82. The highest BCUT2D eigenvalue weighted by Gasteiger charge is 2.35. The van der Waals surface area contributed by atoms with Gasteiger partial charge in [0.05, 0.1) is 25.5 Å². The molecule has 4 aromatic rings. The molecule has 0 bridgehead atoms. The Labute approximate surface area is 199 Å². The second-order valence-electron chi connectivity index (χ2n) is 7.61. The van der Waals surface area contributed by atoms with Gasteiger partial charge in [-0.15, -0.1) is 5.10 Å². The number of halogens is 3. The second-order valence-corrected chi connectivity index (χ2v) is 7.61. The Kier molecular flexibility index (Phi) is 6.46. The van der Waals surface area contributed by atoms with Crippen molar-refractivity contribution in [2.45, 2.75) is 13.1 Å². The first-order valence-electron chi connectivity index (χ1n) is 10.4. The summed E-state index contributed by atoms with van der Waals surface area (Å²) in [6.07, 6.45) is -4.66. The van der Waals surface area contributed by atoms with Crippen molar-refractivity contribution >= 4 is 11.6 Å². The molecule has 1 aromatic heterocycles. The van der Waals surface area contributed by atoms with Crippen LogP contribution >= 0.6 is 0 Å². The number of aryl methyl sites for hydroxylation is 1. The van der Waals surface area contributed by atoms with E-state index in [1.54, 1.807) is 28.9 Å². The summed E-state index contributed by atoms with van der Waals surface area (Å²) in [7, 11) is 2.61. The Morgan fingerprint density at radius 2 is 1.63 bits per heavy atom. The van der Waals surface area contributed by atoms with Crippen LogP contribution < -0.4 is 14.8 Å². The van der Waals surface area contributed by atoms with E-state index in [0.29, 0.717) is 17.2 Å². The molecule has 0 aliphatic carbocycles. The first kappa shape index (κ1) is 23.8. The second kappa shape index (κ2) is 9.49. The number of nitrogens with one attached hydrogen (secondary N) is 1. The number of benzene rings is 3. The van der Waals surface area contributed by atoms with Crippen LogP contribution in [-0.4, -0.2) is 34.9 Å². The molecule has 0 saturated heterocycles. The van der Waals surface area contributed by atoms with E-state index in [1.807, 2.05) is 31.2 Å². The molecule has 0 radical (unpaired) electrons. The third-order valence-corrected chi connectivity index (χ3v) is 5.22. The van der Waals surface area contributed by atoms with Crippen molar-refractivity contribution in [3.63, 3.8) is 0 Å². The predicted octanol–water partition coefficient (Wildman–Crippen LogP) is 5.53. The SMILES string of the molecule is COc1nc(-c2ccc(C)cc2)n(-c2ccc(NC(=O)c3ccc(OC)c(C(F)(F)F)c3)cc2)n1. The van der Waals surface area contributed by atoms with Gasteiger partial charge in [0.25, 0.3) is 5.91 Å². The van der Waals surface area contributed by atoms with E-state index in [2.05, 4.69) is 15.4 Å². The summed E-state index contributed by atoms with van der Waals surface area (Å²) >= 11 is 0. The zero-order chi connectivity index (χ0) is 25.2. The molecule has 35 heavy (non-hydrogen) atoms. The molecule has 4 rings (SSSR count). The van der Waals surface area contributed by atoms with Crippen molar-refractivity contribution in [1.29, 1.82) is 0 Å². The van der Waals surface area contributed by atoms with Crippen molar-refractivity contribution in [3.05, 3.63) is 83.4 Å². The van der Waals surface area contributed by atoms with Gasteiger partial charge >= 0.3 is 12.2 Å². The number of methoxy groups -OCH3 is 2. The average Bonchev–Trinajstić information content (AvgIpc) is 3.28. The fraction of sp³-hybridized carbons (Fsp3) is 0.160. The highest BCUT2D eigenvalue weighted by molar-refractivity contribution is 6.04. The maximum atomic E-state index is 13.3. The Morgan fingerprint density at radius 1 is 0.943 bits per heavy atom. The number of carbonyl (C=O) groups excluding carboxylic acids is 1. The standard InChI is InChI=1S/C25H21F3N4O3/c1-15-4-6-16(7-5-15)22-30-24(35-3)31-32(22)19-11-9-18(10-12-19)29-23(33)17-8-13-21(34-2)20(14-17)25(26,27)28/h4-14H,1-3H3,(H,29,33). The fourth-order valence-corrected chi connectivity index (χ4v) is 3.41. The molecule has 0 fully saturated rings. The molecule has 0 aliphatic rings. The minimum Gasteiger partial charge on any atom is -0.496 e. The van der Waals surface area contributed by atoms with Crippen LogP contribution in [0, 0.1) is 6.92 Å². The summed E-state index contributed by atoms with van der Waals surface area (Å²) < 4.78 is 51.4. The van der Waals surface area contributed by atoms with Crippen LogP contribution in [0.15, 0.2) is 66.7 Å². The number of nitrogens with zero attached hydrogens (tertiary/aromatic N) is 3. The van der Waals surface area contributed by atoms with E-state index >= 15 is 0 Å². The number of rotatable bonds is 6. The van der Waals surface area contributed by atoms with E-state index < -0.39 is 17.6 Å². The average molecular weight is 482 g/mol. The summed E-state index contributed by atoms with van der Waals surface area (Å²) in [6, 6.07) is 17.8. The largest absolute Gasteiger partial charge is 0.496 e. The number of carbonyl (C=O) groups is 1. The van der Waals surface area contributed by atoms with Crippen molar-refractivity contribution < 1.29 is 27.4 Å². The highest BCUT2D eigenvalue weighted by Crippen LogP contribution is 2.36. The summed E-state index contributed by atoms with van der Waals surface area (Å²) in [4.78, 5) is 17.0. The van der Waals surface area contributed by atoms with Crippen molar-refractivity contribution in [1.82, 2.24) is 14.8 Å². The Bertz CT molecular complexity index is 1350. The van der Waals surface area contributed by atoms with Crippen LogP contribution in [0.3, 0.4) is 0 Å². The van der Waals surface area contributed by atoms with Gasteiger partial charge in [0.1, 0.15) is 5.75 Å². The van der Waals surface area contributed by atoms with E-state index in [-0.39, 0.29) is 17.3 Å². The molecule has 0 aliphatic heterocycles. The maximum Gasteiger partial charge on any atom is 0.419 e. The lowest BCUT2D eigenvalue weighted by atomic mass is 10.1. The van der Waals surface area contributed by atoms with Gasteiger partial charge in [0.15, 0.2) is 5.82 Å². The van der Waals surface area contributed by atoms with Crippen LogP contribution in [0.5, 0.6) is 11.8 Å². The lowest BCUT2D eigenvalue weighted by molar-refractivity contribution is -0.138. The third-order valence-electron chi connectivity index (χ3n) is 5.22. The van der Waals surface area contributed by atoms with Gasteiger partial charge in [-0.05, 0) is 49.4 Å². The summed E-state index contributed by atoms with van der Waals surface area (Å²) in [6.45, 7) is 1.98. The Morgan fingerprint density at radius 3 is 2.23 bits per heavy atom. The fourth-order valence-electron chi connectivity index (χ4n) is 3.41. The molecular formula is C25H21F3N4O3. The molecule has 1 amide bonds.